The summed E-state index contributed by atoms with van der Waals surface area (Å²) < 4.78 is 13.8. The number of carbonyl (C=O) groups excluding carboxylic acids is 1. The van der Waals surface area contributed by atoms with Crippen molar-refractivity contribution >= 4 is 17.4 Å². The van der Waals surface area contributed by atoms with Gasteiger partial charge < -0.3 is 0 Å². The number of aryl methyl sites for hydroxylation is 2. The van der Waals surface area contributed by atoms with Crippen molar-refractivity contribution in [2.45, 2.75) is 26.7 Å². The predicted octanol–water partition coefficient (Wildman–Crippen LogP) is 4.83. The molecule has 0 amide bonds. The van der Waals surface area contributed by atoms with E-state index >= 15 is 0 Å². The summed E-state index contributed by atoms with van der Waals surface area (Å²) in [4.78, 5) is 12.4. The Morgan fingerprint density at radius 2 is 1.80 bits per heavy atom. The zero-order chi connectivity index (χ0) is 14.7. The quantitative estimate of drug-likeness (QED) is 0.737. The molecule has 0 saturated carbocycles. The Balaban J connectivity index is 2.49. The molecule has 0 aromatic heterocycles. The minimum Gasteiger partial charge on any atom is -0.288 e. The SMILES string of the molecule is CCc1ccc(C(=O)c2c(F)cccc2Cl)cc1CC. The molecule has 0 unspecified atom stereocenters. The van der Waals surface area contributed by atoms with E-state index in [2.05, 4.69) is 6.92 Å². The molecule has 0 radical (unpaired) electrons. The number of ketones is 1. The van der Waals surface area contributed by atoms with Gasteiger partial charge in [0.1, 0.15) is 5.82 Å². The number of hydrogen-bond acceptors (Lipinski definition) is 1. The number of rotatable bonds is 4. The van der Waals surface area contributed by atoms with Crippen LogP contribution < -0.4 is 0 Å². The van der Waals surface area contributed by atoms with Crippen LogP contribution in [0.3, 0.4) is 0 Å². The van der Waals surface area contributed by atoms with Crippen LogP contribution in [0.1, 0.15) is 40.9 Å². The zero-order valence-electron chi connectivity index (χ0n) is 11.5. The van der Waals surface area contributed by atoms with Gasteiger partial charge >= 0.3 is 0 Å². The highest BCUT2D eigenvalue weighted by atomic mass is 35.5. The van der Waals surface area contributed by atoms with Crippen molar-refractivity contribution in [3.63, 3.8) is 0 Å². The Morgan fingerprint density at radius 1 is 1.10 bits per heavy atom. The van der Waals surface area contributed by atoms with Crippen molar-refractivity contribution in [1.82, 2.24) is 0 Å². The van der Waals surface area contributed by atoms with E-state index in [1.165, 1.54) is 23.8 Å². The fourth-order valence-electron chi connectivity index (χ4n) is 2.30. The zero-order valence-corrected chi connectivity index (χ0v) is 12.3. The summed E-state index contributed by atoms with van der Waals surface area (Å²) in [7, 11) is 0. The first kappa shape index (κ1) is 14.7. The summed E-state index contributed by atoms with van der Waals surface area (Å²) in [5.74, 6) is -0.953. The molecule has 0 aliphatic heterocycles. The van der Waals surface area contributed by atoms with Gasteiger partial charge in [-0.15, -0.1) is 0 Å². The minimum atomic E-state index is -0.583. The first-order valence-electron chi connectivity index (χ1n) is 6.69. The standard InChI is InChI=1S/C17H16ClFO/c1-3-11-8-9-13(10-12(11)4-2)17(20)16-14(18)6-5-7-15(16)19/h5-10H,3-4H2,1-2H3. The van der Waals surface area contributed by atoms with E-state index in [0.29, 0.717) is 5.56 Å². The fourth-order valence-corrected chi connectivity index (χ4v) is 2.55. The largest absolute Gasteiger partial charge is 0.288 e. The van der Waals surface area contributed by atoms with E-state index in [4.69, 9.17) is 11.6 Å². The van der Waals surface area contributed by atoms with E-state index in [9.17, 15) is 9.18 Å². The van der Waals surface area contributed by atoms with Crippen molar-refractivity contribution in [1.29, 1.82) is 0 Å². The molecule has 0 aliphatic rings. The Bertz CT molecular complexity index is 629. The van der Waals surface area contributed by atoms with Gasteiger partial charge in [0, 0.05) is 5.56 Å². The maximum absolute atomic E-state index is 13.8. The molecule has 20 heavy (non-hydrogen) atoms. The maximum Gasteiger partial charge on any atom is 0.197 e. The molecule has 3 heteroatoms. The van der Waals surface area contributed by atoms with Gasteiger partial charge in [0.15, 0.2) is 5.78 Å². The highest BCUT2D eigenvalue weighted by Gasteiger charge is 2.18. The van der Waals surface area contributed by atoms with Gasteiger partial charge in [-0.25, -0.2) is 4.39 Å². The lowest BCUT2D eigenvalue weighted by molar-refractivity contribution is 0.103. The Morgan fingerprint density at radius 3 is 2.40 bits per heavy atom. The molecular formula is C17H16ClFO. The summed E-state index contributed by atoms with van der Waals surface area (Å²) in [6, 6.07) is 9.78. The van der Waals surface area contributed by atoms with Crippen LogP contribution in [0.15, 0.2) is 36.4 Å². The summed E-state index contributed by atoms with van der Waals surface area (Å²) in [6.45, 7) is 4.11. The molecule has 0 fully saturated rings. The molecule has 2 aromatic carbocycles. The van der Waals surface area contributed by atoms with Gasteiger partial charge in [0.25, 0.3) is 0 Å². The summed E-state index contributed by atoms with van der Waals surface area (Å²) >= 11 is 5.95. The predicted molar refractivity (Wildman–Crippen MR) is 80.0 cm³/mol. The van der Waals surface area contributed by atoms with Gasteiger partial charge in [-0.3, -0.25) is 4.79 Å². The van der Waals surface area contributed by atoms with Crippen LogP contribution in [-0.2, 0) is 12.8 Å². The van der Waals surface area contributed by atoms with Crippen LogP contribution in [0, 0.1) is 5.82 Å². The number of carbonyl (C=O) groups is 1. The molecule has 0 bridgehead atoms. The van der Waals surface area contributed by atoms with Crippen LogP contribution in [0.4, 0.5) is 4.39 Å². The highest BCUT2D eigenvalue weighted by Crippen LogP contribution is 2.24. The summed E-state index contributed by atoms with van der Waals surface area (Å²) in [5, 5.41) is 0.146. The van der Waals surface area contributed by atoms with Gasteiger partial charge in [-0.1, -0.05) is 43.6 Å². The highest BCUT2D eigenvalue weighted by molar-refractivity contribution is 6.35. The molecule has 0 N–H and O–H groups in total. The molecule has 0 heterocycles. The molecule has 2 aromatic rings. The van der Waals surface area contributed by atoms with Crippen molar-refractivity contribution in [2.24, 2.45) is 0 Å². The Hall–Kier alpha value is -1.67. The van der Waals surface area contributed by atoms with E-state index in [0.717, 1.165) is 18.4 Å². The van der Waals surface area contributed by atoms with Crippen molar-refractivity contribution in [3.05, 3.63) is 69.5 Å². The third-order valence-corrected chi connectivity index (χ3v) is 3.74. The molecule has 2 rings (SSSR count). The van der Waals surface area contributed by atoms with Crippen LogP contribution in [0.2, 0.25) is 5.02 Å². The Labute approximate surface area is 123 Å². The second kappa shape index (κ2) is 6.19. The molecule has 1 nitrogen and oxygen atoms in total. The molecule has 0 spiro atoms. The van der Waals surface area contributed by atoms with Crippen molar-refractivity contribution in [3.8, 4) is 0 Å². The topological polar surface area (TPSA) is 17.1 Å². The molecule has 0 saturated heterocycles. The van der Waals surface area contributed by atoms with E-state index in [-0.39, 0.29) is 16.4 Å². The van der Waals surface area contributed by atoms with Crippen LogP contribution in [0.25, 0.3) is 0 Å². The first-order valence-corrected chi connectivity index (χ1v) is 7.06. The third-order valence-electron chi connectivity index (χ3n) is 3.42. The van der Waals surface area contributed by atoms with Crippen LogP contribution >= 0.6 is 11.6 Å². The monoisotopic (exact) mass is 290 g/mol. The van der Waals surface area contributed by atoms with Gasteiger partial charge in [0.2, 0.25) is 0 Å². The molecule has 0 aliphatic carbocycles. The average Bonchev–Trinajstić information content (AvgIpc) is 2.46. The van der Waals surface area contributed by atoms with Gasteiger partial charge in [-0.05, 0) is 42.2 Å². The number of hydrogen-bond donors (Lipinski definition) is 0. The minimum absolute atomic E-state index is 0.0551. The van der Waals surface area contributed by atoms with E-state index in [1.54, 1.807) is 6.07 Å². The Kier molecular flexibility index (Phi) is 4.56. The second-order valence-electron chi connectivity index (χ2n) is 4.62. The van der Waals surface area contributed by atoms with Gasteiger partial charge in [0.05, 0.1) is 10.6 Å². The normalized spacial score (nSPS) is 10.6. The first-order chi connectivity index (χ1) is 9.58. The number of benzene rings is 2. The van der Waals surface area contributed by atoms with Crippen LogP contribution in [0.5, 0.6) is 0 Å². The van der Waals surface area contributed by atoms with E-state index < -0.39 is 5.82 Å². The molecule has 0 atom stereocenters. The molecule has 104 valence electrons. The lowest BCUT2D eigenvalue weighted by Crippen LogP contribution is -2.06. The third kappa shape index (κ3) is 2.75. The smallest absolute Gasteiger partial charge is 0.197 e. The summed E-state index contributed by atoms with van der Waals surface area (Å²) in [6.07, 6.45) is 1.76. The van der Waals surface area contributed by atoms with Crippen molar-refractivity contribution < 1.29 is 9.18 Å². The average molecular weight is 291 g/mol. The lowest BCUT2D eigenvalue weighted by Gasteiger charge is -2.09. The lowest BCUT2D eigenvalue weighted by atomic mass is 9.96. The molecular weight excluding hydrogens is 275 g/mol. The van der Waals surface area contributed by atoms with Gasteiger partial charge in [-0.2, -0.15) is 0 Å². The summed E-state index contributed by atoms with van der Waals surface area (Å²) in [5.41, 5.74) is 2.75. The second-order valence-corrected chi connectivity index (χ2v) is 5.02. The van der Waals surface area contributed by atoms with E-state index in [1.807, 2.05) is 19.1 Å². The number of halogens is 2. The maximum atomic E-state index is 13.8. The fraction of sp³-hybridized carbons (Fsp3) is 0.235. The van der Waals surface area contributed by atoms with Crippen molar-refractivity contribution in [2.75, 3.05) is 0 Å². The van der Waals surface area contributed by atoms with Crippen LogP contribution in [-0.4, -0.2) is 5.78 Å².